The van der Waals surface area contributed by atoms with Crippen LogP contribution < -0.4 is 5.32 Å². The van der Waals surface area contributed by atoms with E-state index < -0.39 is 0 Å². The van der Waals surface area contributed by atoms with Gasteiger partial charge in [-0.05, 0) is 25.0 Å². The number of nitrogens with one attached hydrogen (secondary N) is 1. The van der Waals surface area contributed by atoms with Gasteiger partial charge in [-0.3, -0.25) is 4.79 Å². The Morgan fingerprint density at radius 2 is 2.44 bits per heavy atom. The number of hydrogen-bond donors (Lipinski definition) is 1. The first kappa shape index (κ1) is 11.2. The highest BCUT2D eigenvalue weighted by molar-refractivity contribution is 5.68. The zero-order valence-corrected chi connectivity index (χ0v) is 9.61. The van der Waals surface area contributed by atoms with Gasteiger partial charge in [-0.15, -0.1) is 0 Å². The van der Waals surface area contributed by atoms with Crippen molar-refractivity contribution < 1.29 is 9.53 Å². The zero-order valence-electron chi connectivity index (χ0n) is 9.61. The standard InChI is InChI=1S/C12H18N2O2/c1-16-12(15)6-8-14-7-2-3-11(14)9-13-10-4-5-10/h2-3,7,10,13H,4-6,8-9H2,1H3. The van der Waals surface area contributed by atoms with Crippen molar-refractivity contribution in [3.8, 4) is 0 Å². The van der Waals surface area contributed by atoms with Crippen molar-refractivity contribution in [2.24, 2.45) is 0 Å². The van der Waals surface area contributed by atoms with Crippen molar-refractivity contribution in [1.29, 1.82) is 0 Å². The second kappa shape index (κ2) is 5.16. The van der Waals surface area contributed by atoms with Crippen LogP contribution in [0, 0.1) is 0 Å². The first-order valence-electron chi connectivity index (χ1n) is 5.74. The summed E-state index contributed by atoms with van der Waals surface area (Å²) in [5.41, 5.74) is 1.23. The Hall–Kier alpha value is -1.29. The van der Waals surface area contributed by atoms with E-state index in [0.29, 0.717) is 19.0 Å². The summed E-state index contributed by atoms with van der Waals surface area (Å²) in [4.78, 5) is 11.0. The van der Waals surface area contributed by atoms with Gasteiger partial charge in [-0.1, -0.05) is 0 Å². The fourth-order valence-corrected chi connectivity index (χ4v) is 1.68. The average molecular weight is 222 g/mol. The van der Waals surface area contributed by atoms with Crippen LogP contribution in [0.25, 0.3) is 0 Å². The van der Waals surface area contributed by atoms with E-state index in [1.54, 1.807) is 0 Å². The Bertz CT molecular complexity index is 356. The number of rotatable bonds is 6. The Kier molecular flexibility index (Phi) is 3.62. The van der Waals surface area contributed by atoms with Crippen molar-refractivity contribution in [3.63, 3.8) is 0 Å². The van der Waals surface area contributed by atoms with Crippen LogP contribution in [-0.2, 0) is 22.6 Å². The van der Waals surface area contributed by atoms with Crippen molar-refractivity contribution in [2.45, 2.75) is 38.4 Å². The van der Waals surface area contributed by atoms with E-state index in [0.717, 1.165) is 6.54 Å². The number of carbonyl (C=O) groups is 1. The van der Waals surface area contributed by atoms with Crippen LogP contribution in [-0.4, -0.2) is 23.7 Å². The molecule has 1 aromatic rings. The summed E-state index contributed by atoms with van der Waals surface area (Å²) < 4.78 is 6.73. The topological polar surface area (TPSA) is 43.3 Å². The second-order valence-electron chi connectivity index (χ2n) is 4.17. The van der Waals surface area contributed by atoms with Gasteiger partial charge in [-0.25, -0.2) is 0 Å². The third kappa shape index (κ3) is 3.10. The predicted octanol–water partition coefficient (Wildman–Crippen LogP) is 1.30. The monoisotopic (exact) mass is 222 g/mol. The predicted molar refractivity (Wildman–Crippen MR) is 60.9 cm³/mol. The summed E-state index contributed by atoms with van der Waals surface area (Å²) in [5, 5.41) is 3.46. The van der Waals surface area contributed by atoms with Crippen LogP contribution in [0.1, 0.15) is 25.0 Å². The molecule has 1 N–H and O–H groups in total. The number of methoxy groups -OCH3 is 1. The van der Waals surface area contributed by atoms with Crippen molar-refractivity contribution >= 4 is 5.97 Å². The quantitative estimate of drug-likeness (QED) is 0.738. The van der Waals surface area contributed by atoms with Gasteiger partial charge in [0.05, 0.1) is 13.5 Å². The van der Waals surface area contributed by atoms with Gasteiger partial charge in [0, 0.05) is 31.0 Å². The maximum atomic E-state index is 11.0. The van der Waals surface area contributed by atoms with Crippen molar-refractivity contribution in [1.82, 2.24) is 9.88 Å². The number of carbonyl (C=O) groups excluding carboxylic acids is 1. The number of ether oxygens (including phenoxy) is 1. The molecule has 0 unspecified atom stereocenters. The molecule has 0 bridgehead atoms. The Morgan fingerprint density at radius 3 is 3.12 bits per heavy atom. The molecule has 4 nitrogen and oxygen atoms in total. The van der Waals surface area contributed by atoms with E-state index >= 15 is 0 Å². The molecule has 16 heavy (non-hydrogen) atoms. The number of esters is 1. The number of nitrogens with zero attached hydrogens (tertiary/aromatic N) is 1. The largest absolute Gasteiger partial charge is 0.469 e. The molecule has 1 fully saturated rings. The molecule has 0 aromatic carbocycles. The van der Waals surface area contributed by atoms with Gasteiger partial charge in [0.1, 0.15) is 0 Å². The molecule has 0 amide bonds. The van der Waals surface area contributed by atoms with Crippen molar-refractivity contribution in [3.05, 3.63) is 24.0 Å². The van der Waals surface area contributed by atoms with Crippen LogP contribution in [0.2, 0.25) is 0 Å². The molecule has 0 spiro atoms. The highest BCUT2D eigenvalue weighted by Crippen LogP contribution is 2.19. The first-order chi connectivity index (χ1) is 7.79. The van der Waals surface area contributed by atoms with Crippen LogP contribution in [0.4, 0.5) is 0 Å². The van der Waals surface area contributed by atoms with Crippen LogP contribution in [0.15, 0.2) is 18.3 Å². The van der Waals surface area contributed by atoms with Crippen molar-refractivity contribution in [2.75, 3.05) is 7.11 Å². The molecule has 88 valence electrons. The minimum Gasteiger partial charge on any atom is -0.469 e. The molecule has 0 saturated heterocycles. The maximum absolute atomic E-state index is 11.0. The van der Waals surface area contributed by atoms with Gasteiger partial charge >= 0.3 is 5.97 Å². The minimum absolute atomic E-state index is 0.158. The Morgan fingerprint density at radius 1 is 1.62 bits per heavy atom. The lowest BCUT2D eigenvalue weighted by molar-refractivity contribution is -0.140. The molecule has 1 aliphatic rings. The van der Waals surface area contributed by atoms with Crippen LogP contribution in [0.3, 0.4) is 0 Å². The van der Waals surface area contributed by atoms with Crippen LogP contribution in [0.5, 0.6) is 0 Å². The summed E-state index contributed by atoms with van der Waals surface area (Å²) in [7, 11) is 1.42. The molecule has 1 aliphatic carbocycles. The molecule has 1 heterocycles. The van der Waals surface area contributed by atoms with E-state index in [4.69, 9.17) is 0 Å². The molecule has 4 heteroatoms. The molecular weight excluding hydrogens is 204 g/mol. The second-order valence-corrected chi connectivity index (χ2v) is 4.17. The van der Waals surface area contributed by atoms with E-state index in [-0.39, 0.29) is 5.97 Å². The fraction of sp³-hybridized carbons (Fsp3) is 0.583. The SMILES string of the molecule is COC(=O)CCn1cccc1CNC1CC1. The lowest BCUT2D eigenvalue weighted by Crippen LogP contribution is -2.18. The molecule has 0 radical (unpaired) electrons. The Balaban J connectivity index is 1.82. The molecular formula is C12H18N2O2. The zero-order chi connectivity index (χ0) is 11.4. The summed E-state index contributed by atoms with van der Waals surface area (Å²) in [6, 6.07) is 4.82. The molecule has 1 aromatic heterocycles. The lowest BCUT2D eigenvalue weighted by atomic mass is 10.4. The summed E-state index contributed by atoms with van der Waals surface area (Å²) in [5.74, 6) is -0.158. The molecule has 0 aliphatic heterocycles. The normalized spacial score (nSPS) is 15.1. The third-order valence-electron chi connectivity index (χ3n) is 2.86. The molecule has 1 saturated carbocycles. The Labute approximate surface area is 95.6 Å². The van der Waals surface area contributed by atoms with Gasteiger partial charge in [0.15, 0.2) is 0 Å². The van der Waals surface area contributed by atoms with E-state index in [2.05, 4.69) is 20.7 Å². The van der Waals surface area contributed by atoms with Gasteiger partial charge in [0.25, 0.3) is 0 Å². The fourth-order valence-electron chi connectivity index (χ4n) is 1.68. The third-order valence-corrected chi connectivity index (χ3v) is 2.86. The number of aryl methyl sites for hydroxylation is 1. The summed E-state index contributed by atoms with van der Waals surface area (Å²) >= 11 is 0. The van der Waals surface area contributed by atoms with Gasteiger partial charge in [-0.2, -0.15) is 0 Å². The minimum atomic E-state index is -0.158. The van der Waals surface area contributed by atoms with Crippen LogP contribution >= 0.6 is 0 Å². The molecule has 2 rings (SSSR count). The molecule has 0 atom stereocenters. The maximum Gasteiger partial charge on any atom is 0.307 e. The average Bonchev–Trinajstić information content (AvgIpc) is 3.02. The summed E-state index contributed by atoms with van der Waals surface area (Å²) in [6.07, 6.45) is 5.03. The highest BCUT2D eigenvalue weighted by Gasteiger charge is 2.20. The van der Waals surface area contributed by atoms with E-state index in [1.807, 2.05) is 12.3 Å². The number of hydrogen-bond acceptors (Lipinski definition) is 3. The van der Waals surface area contributed by atoms with Gasteiger partial charge < -0.3 is 14.6 Å². The van der Waals surface area contributed by atoms with Gasteiger partial charge in [0.2, 0.25) is 0 Å². The highest BCUT2D eigenvalue weighted by atomic mass is 16.5. The number of aromatic nitrogens is 1. The van der Waals surface area contributed by atoms with E-state index in [9.17, 15) is 4.79 Å². The summed E-state index contributed by atoms with van der Waals surface area (Å²) in [6.45, 7) is 1.58. The first-order valence-corrected chi connectivity index (χ1v) is 5.74. The lowest BCUT2D eigenvalue weighted by Gasteiger charge is -2.09. The smallest absolute Gasteiger partial charge is 0.307 e. The van der Waals surface area contributed by atoms with E-state index in [1.165, 1.54) is 25.6 Å².